The van der Waals surface area contributed by atoms with Gasteiger partial charge in [-0.25, -0.2) is 9.37 Å². The van der Waals surface area contributed by atoms with Crippen molar-refractivity contribution in [2.24, 2.45) is 0 Å². The van der Waals surface area contributed by atoms with E-state index in [9.17, 15) is 9.18 Å². The molecule has 1 amide bonds. The molecule has 4 aromatic heterocycles. The van der Waals surface area contributed by atoms with E-state index in [2.05, 4.69) is 30.6 Å². The van der Waals surface area contributed by atoms with Gasteiger partial charge in [-0.1, -0.05) is 0 Å². The molecule has 4 heterocycles. The summed E-state index contributed by atoms with van der Waals surface area (Å²) in [5.74, 6) is -0.805. The van der Waals surface area contributed by atoms with E-state index < -0.39 is 5.82 Å². The predicted octanol–water partition coefficient (Wildman–Crippen LogP) is 3.92. The van der Waals surface area contributed by atoms with E-state index in [1.807, 2.05) is 6.92 Å². The molecule has 0 aromatic carbocycles. The lowest BCUT2D eigenvalue weighted by atomic mass is 9.89. The highest BCUT2D eigenvalue weighted by Gasteiger charge is 2.32. The van der Waals surface area contributed by atoms with Gasteiger partial charge >= 0.3 is 0 Å². The Hall–Kier alpha value is -3.44. The Morgan fingerprint density at radius 3 is 3.06 bits per heavy atom. The van der Waals surface area contributed by atoms with E-state index in [1.54, 1.807) is 28.7 Å². The molecule has 0 bridgehead atoms. The molecule has 5 rings (SSSR count). The lowest BCUT2D eigenvalue weighted by Crippen LogP contribution is -2.33. The Balaban J connectivity index is 1.41. The number of thiazole rings is 1. The predicted molar refractivity (Wildman–Crippen MR) is 117 cm³/mol. The third-order valence-corrected chi connectivity index (χ3v) is 6.16. The van der Waals surface area contributed by atoms with Gasteiger partial charge in [0.2, 0.25) is 0 Å². The van der Waals surface area contributed by atoms with Crippen LogP contribution in [0.5, 0.6) is 0 Å². The van der Waals surface area contributed by atoms with Gasteiger partial charge in [0.1, 0.15) is 22.2 Å². The number of aromatic amines is 1. The zero-order valence-electron chi connectivity index (χ0n) is 17.2. The molecule has 0 atom stereocenters. The Morgan fingerprint density at radius 2 is 2.31 bits per heavy atom. The SMILES string of the molecule is CCO[C@H]1C[C@H](n2cc(NC(=O)c3csc(-c4cn[nH]c4)n3)c(-c3cc(F)ccn3)n2)C1. The van der Waals surface area contributed by atoms with Crippen LogP contribution >= 0.6 is 11.3 Å². The molecule has 0 saturated heterocycles. The summed E-state index contributed by atoms with van der Waals surface area (Å²) < 4.78 is 21.3. The zero-order valence-corrected chi connectivity index (χ0v) is 18.0. The van der Waals surface area contributed by atoms with Crippen molar-refractivity contribution in [2.75, 3.05) is 11.9 Å². The molecule has 0 radical (unpaired) electrons. The van der Waals surface area contributed by atoms with Crippen molar-refractivity contribution in [3.8, 4) is 22.0 Å². The van der Waals surface area contributed by atoms with Crippen LogP contribution in [0.1, 0.15) is 36.3 Å². The molecule has 4 aromatic rings. The fourth-order valence-electron chi connectivity index (χ4n) is 3.58. The number of amides is 1. The minimum absolute atomic E-state index is 0.150. The van der Waals surface area contributed by atoms with Crippen LogP contribution in [0.2, 0.25) is 0 Å². The van der Waals surface area contributed by atoms with Crippen molar-refractivity contribution in [1.29, 1.82) is 0 Å². The van der Waals surface area contributed by atoms with Crippen LogP contribution in [0.15, 0.2) is 42.3 Å². The van der Waals surface area contributed by atoms with Crippen molar-refractivity contribution < 1.29 is 13.9 Å². The maximum Gasteiger partial charge on any atom is 0.275 e. The lowest BCUT2D eigenvalue weighted by molar-refractivity contribution is -0.0226. The van der Waals surface area contributed by atoms with Crippen molar-refractivity contribution >= 4 is 22.9 Å². The molecule has 2 N–H and O–H groups in total. The average molecular weight is 454 g/mol. The van der Waals surface area contributed by atoms with Gasteiger partial charge in [0.15, 0.2) is 0 Å². The van der Waals surface area contributed by atoms with E-state index in [4.69, 9.17) is 4.74 Å². The van der Waals surface area contributed by atoms with E-state index >= 15 is 0 Å². The number of carbonyl (C=O) groups excluding carboxylic acids is 1. The fourth-order valence-corrected chi connectivity index (χ4v) is 4.37. The lowest BCUT2D eigenvalue weighted by Gasteiger charge is -2.34. The number of halogens is 1. The molecular weight excluding hydrogens is 433 g/mol. The van der Waals surface area contributed by atoms with Crippen LogP contribution < -0.4 is 5.32 Å². The first-order chi connectivity index (χ1) is 15.6. The molecule has 1 saturated carbocycles. The highest BCUT2D eigenvalue weighted by Crippen LogP contribution is 2.37. The molecule has 9 nitrogen and oxygen atoms in total. The van der Waals surface area contributed by atoms with Crippen LogP contribution in [0.4, 0.5) is 10.1 Å². The number of anilines is 1. The molecule has 32 heavy (non-hydrogen) atoms. The summed E-state index contributed by atoms with van der Waals surface area (Å²) in [6, 6.07) is 2.71. The monoisotopic (exact) mass is 453 g/mol. The first kappa shape index (κ1) is 20.5. The second kappa shape index (κ2) is 8.60. The van der Waals surface area contributed by atoms with Gasteiger partial charge in [-0.05, 0) is 25.8 Å². The third kappa shape index (κ3) is 4.04. The summed E-state index contributed by atoms with van der Waals surface area (Å²) in [5, 5.41) is 16.5. The topological polar surface area (TPSA) is 111 Å². The highest BCUT2D eigenvalue weighted by molar-refractivity contribution is 7.13. The maximum atomic E-state index is 13.8. The Morgan fingerprint density at radius 1 is 1.44 bits per heavy atom. The number of ether oxygens (including phenoxy) is 1. The summed E-state index contributed by atoms with van der Waals surface area (Å²) in [5.41, 5.74) is 2.28. The molecule has 0 aliphatic heterocycles. The van der Waals surface area contributed by atoms with E-state index in [1.165, 1.54) is 29.7 Å². The normalized spacial score (nSPS) is 17.8. The van der Waals surface area contributed by atoms with Crippen LogP contribution in [0, 0.1) is 5.82 Å². The van der Waals surface area contributed by atoms with Gasteiger partial charge in [-0.3, -0.25) is 19.6 Å². The number of rotatable bonds is 7. The second-order valence-electron chi connectivity index (χ2n) is 7.41. The number of pyridine rings is 1. The van der Waals surface area contributed by atoms with Gasteiger partial charge in [0.25, 0.3) is 5.91 Å². The minimum Gasteiger partial charge on any atom is -0.378 e. The summed E-state index contributed by atoms with van der Waals surface area (Å²) in [7, 11) is 0. The molecule has 1 aliphatic carbocycles. The van der Waals surface area contributed by atoms with Gasteiger partial charge in [0.05, 0.1) is 29.7 Å². The largest absolute Gasteiger partial charge is 0.378 e. The van der Waals surface area contributed by atoms with Gasteiger partial charge in [-0.2, -0.15) is 10.2 Å². The number of carbonyl (C=O) groups is 1. The van der Waals surface area contributed by atoms with E-state index in [-0.39, 0.29) is 23.7 Å². The zero-order chi connectivity index (χ0) is 22.1. The Kier molecular flexibility index (Phi) is 5.50. The second-order valence-corrected chi connectivity index (χ2v) is 8.27. The van der Waals surface area contributed by atoms with Gasteiger partial charge in [0, 0.05) is 42.2 Å². The number of hydrogen-bond donors (Lipinski definition) is 2. The summed E-state index contributed by atoms with van der Waals surface area (Å²) >= 11 is 1.35. The molecule has 0 spiro atoms. The van der Waals surface area contributed by atoms with E-state index in [0.717, 1.165) is 18.4 Å². The first-order valence-electron chi connectivity index (χ1n) is 10.2. The molecule has 164 valence electrons. The van der Waals surface area contributed by atoms with E-state index in [0.29, 0.717) is 28.7 Å². The quantitative estimate of drug-likeness (QED) is 0.439. The van der Waals surface area contributed by atoms with Crippen LogP contribution in [-0.4, -0.2) is 48.6 Å². The number of aromatic nitrogens is 6. The Bertz CT molecular complexity index is 1230. The molecule has 1 fully saturated rings. The highest BCUT2D eigenvalue weighted by atomic mass is 32.1. The smallest absolute Gasteiger partial charge is 0.275 e. The van der Waals surface area contributed by atoms with Crippen molar-refractivity contribution in [1.82, 2.24) is 29.9 Å². The van der Waals surface area contributed by atoms with Gasteiger partial charge < -0.3 is 10.1 Å². The summed E-state index contributed by atoms with van der Waals surface area (Å²) in [6.45, 7) is 2.64. The van der Waals surface area contributed by atoms with Crippen molar-refractivity contribution in [3.05, 3.63) is 53.8 Å². The summed E-state index contributed by atoms with van der Waals surface area (Å²) in [6.07, 6.45) is 8.37. The summed E-state index contributed by atoms with van der Waals surface area (Å²) in [4.78, 5) is 21.5. The number of nitrogens with one attached hydrogen (secondary N) is 2. The third-order valence-electron chi connectivity index (χ3n) is 5.27. The Labute approximate surface area is 186 Å². The molecule has 11 heteroatoms. The number of H-pyrrole nitrogens is 1. The molecular formula is C21H20FN7O2S. The minimum atomic E-state index is -0.425. The number of hydrogen-bond acceptors (Lipinski definition) is 7. The average Bonchev–Trinajstić information content (AvgIpc) is 3.50. The van der Waals surface area contributed by atoms with Gasteiger partial charge in [-0.15, -0.1) is 11.3 Å². The van der Waals surface area contributed by atoms with Crippen molar-refractivity contribution in [2.45, 2.75) is 31.9 Å². The fraction of sp³-hybridized carbons (Fsp3) is 0.286. The molecule has 0 unspecified atom stereocenters. The van der Waals surface area contributed by atoms with Crippen LogP contribution in [-0.2, 0) is 4.74 Å². The van der Waals surface area contributed by atoms with Crippen molar-refractivity contribution in [3.63, 3.8) is 0 Å². The first-order valence-corrected chi connectivity index (χ1v) is 11.1. The maximum absolute atomic E-state index is 13.8. The molecule has 1 aliphatic rings. The van der Waals surface area contributed by atoms with Crippen LogP contribution in [0.25, 0.3) is 22.0 Å². The number of nitrogens with zero attached hydrogens (tertiary/aromatic N) is 5. The van der Waals surface area contributed by atoms with Crippen LogP contribution in [0.3, 0.4) is 0 Å². The standard InChI is InChI=1S/C21H20FN7O2S/c1-2-31-15-6-14(7-15)29-10-17(19(28-29)16-5-13(22)3-4-23-16)26-20(30)18-11-32-21(27-18)12-8-24-25-9-12/h3-5,8-11,14-15H,2,6-7H2,1H3,(H,24,25)(H,26,30)/t14-,15-.